The van der Waals surface area contributed by atoms with E-state index in [0.29, 0.717) is 17.7 Å². The number of nitrogens with zero attached hydrogens (tertiary/aromatic N) is 4. The topological polar surface area (TPSA) is 61.4 Å². The van der Waals surface area contributed by atoms with E-state index >= 15 is 0 Å². The molecule has 1 saturated carbocycles. The maximum absolute atomic E-state index is 13.4. The number of aromatic nitrogens is 4. The van der Waals surface area contributed by atoms with Crippen LogP contribution in [0.1, 0.15) is 37.7 Å². The highest BCUT2D eigenvalue weighted by Gasteiger charge is 2.20. The molecule has 2 aromatic heterocycles. The lowest BCUT2D eigenvalue weighted by Crippen LogP contribution is -2.24. The normalized spacial score (nSPS) is 15.0. The second-order valence-electron chi connectivity index (χ2n) is 8.15. The average molecular weight is 435 g/mol. The van der Waals surface area contributed by atoms with Gasteiger partial charge in [0.2, 0.25) is 5.78 Å². The highest BCUT2D eigenvalue weighted by molar-refractivity contribution is 7.99. The van der Waals surface area contributed by atoms with Crippen molar-refractivity contribution in [3.8, 4) is 5.75 Å². The fraction of sp³-hybridized carbons (Fsp3) is 0.375. The molecule has 0 aliphatic heterocycles. The monoisotopic (exact) mass is 434 g/mol. The van der Waals surface area contributed by atoms with Crippen molar-refractivity contribution in [1.29, 1.82) is 0 Å². The van der Waals surface area contributed by atoms with Crippen molar-refractivity contribution in [3.63, 3.8) is 0 Å². The van der Waals surface area contributed by atoms with Crippen LogP contribution >= 0.6 is 11.8 Å². The molecule has 0 spiro atoms. The van der Waals surface area contributed by atoms with Crippen molar-refractivity contribution < 1.29 is 4.74 Å². The van der Waals surface area contributed by atoms with Gasteiger partial charge in [0, 0.05) is 11.3 Å². The average Bonchev–Trinajstić information content (AvgIpc) is 3.25. The van der Waals surface area contributed by atoms with Gasteiger partial charge in [0.1, 0.15) is 5.75 Å². The Morgan fingerprint density at radius 2 is 1.81 bits per heavy atom. The van der Waals surface area contributed by atoms with Gasteiger partial charge in [-0.05, 0) is 37.0 Å². The molecule has 4 aromatic rings. The molecular formula is C24H26N4O2S. The first-order valence-corrected chi connectivity index (χ1v) is 11.9. The summed E-state index contributed by atoms with van der Waals surface area (Å²) >= 11 is 1.76. The molecule has 0 unspecified atom stereocenters. The molecule has 0 saturated heterocycles. The van der Waals surface area contributed by atoms with Crippen LogP contribution < -0.4 is 10.3 Å². The zero-order chi connectivity index (χ0) is 21.2. The highest BCUT2D eigenvalue weighted by Crippen LogP contribution is 2.30. The van der Waals surface area contributed by atoms with Crippen molar-refractivity contribution in [1.82, 2.24) is 19.2 Å². The molecule has 2 heterocycles. The van der Waals surface area contributed by atoms with Crippen LogP contribution in [-0.4, -0.2) is 32.0 Å². The van der Waals surface area contributed by atoms with Crippen LogP contribution in [0, 0.1) is 5.92 Å². The smallest absolute Gasteiger partial charge is 0.263 e. The third kappa shape index (κ3) is 3.82. The third-order valence-electron chi connectivity index (χ3n) is 6.17. The molecule has 5 rings (SSSR count). The summed E-state index contributed by atoms with van der Waals surface area (Å²) in [6.45, 7) is 0.378. The lowest BCUT2D eigenvalue weighted by molar-refractivity contribution is 0.390. The molecule has 1 aliphatic rings. The van der Waals surface area contributed by atoms with Crippen molar-refractivity contribution in [2.24, 2.45) is 5.92 Å². The van der Waals surface area contributed by atoms with E-state index in [4.69, 9.17) is 4.74 Å². The van der Waals surface area contributed by atoms with Gasteiger partial charge < -0.3 is 4.74 Å². The van der Waals surface area contributed by atoms with Gasteiger partial charge in [-0.1, -0.05) is 61.4 Å². The SMILES string of the molecule is COc1ccccc1Cn1c(=O)c2ccccc2n2c(SCC3CCCCC3)nnc12. The zero-order valence-corrected chi connectivity index (χ0v) is 18.5. The molecule has 2 aromatic carbocycles. The van der Waals surface area contributed by atoms with Crippen molar-refractivity contribution in [2.75, 3.05) is 12.9 Å². The summed E-state index contributed by atoms with van der Waals surface area (Å²) in [5, 5.41) is 10.5. The summed E-state index contributed by atoms with van der Waals surface area (Å²) in [7, 11) is 1.65. The minimum Gasteiger partial charge on any atom is -0.496 e. The minimum atomic E-state index is -0.0646. The van der Waals surface area contributed by atoms with E-state index in [2.05, 4.69) is 10.2 Å². The molecule has 7 heteroatoms. The molecule has 1 aliphatic carbocycles. The highest BCUT2D eigenvalue weighted by atomic mass is 32.2. The van der Waals surface area contributed by atoms with Crippen LogP contribution in [0.3, 0.4) is 0 Å². The lowest BCUT2D eigenvalue weighted by atomic mass is 9.91. The Balaban J connectivity index is 1.61. The van der Waals surface area contributed by atoms with Crippen molar-refractivity contribution in [3.05, 3.63) is 64.4 Å². The fourth-order valence-electron chi connectivity index (χ4n) is 4.52. The largest absolute Gasteiger partial charge is 0.496 e. The first kappa shape index (κ1) is 20.1. The molecule has 31 heavy (non-hydrogen) atoms. The first-order valence-electron chi connectivity index (χ1n) is 10.9. The van der Waals surface area contributed by atoms with E-state index in [1.54, 1.807) is 23.4 Å². The Labute approximate surface area is 185 Å². The number of benzene rings is 2. The van der Waals surface area contributed by atoms with E-state index < -0.39 is 0 Å². The second kappa shape index (κ2) is 8.75. The van der Waals surface area contributed by atoms with Gasteiger partial charge in [0.15, 0.2) is 5.16 Å². The molecule has 1 fully saturated rings. The lowest BCUT2D eigenvalue weighted by Gasteiger charge is -2.20. The number of hydrogen-bond acceptors (Lipinski definition) is 5. The molecule has 0 N–H and O–H groups in total. The second-order valence-corrected chi connectivity index (χ2v) is 9.14. The summed E-state index contributed by atoms with van der Waals surface area (Å²) in [6, 6.07) is 15.5. The third-order valence-corrected chi connectivity index (χ3v) is 7.33. The predicted octanol–water partition coefficient (Wildman–Crippen LogP) is 4.77. The standard InChI is InChI=1S/C24H26N4O2S/c1-30-21-14-8-5-11-18(21)15-27-22(29)19-12-6-7-13-20(19)28-23(27)25-26-24(28)31-16-17-9-3-2-4-10-17/h5-8,11-14,17H,2-4,9-10,15-16H2,1H3. The summed E-state index contributed by atoms with van der Waals surface area (Å²) in [6.07, 6.45) is 6.60. The summed E-state index contributed by atoms with van der Waals surface area (Å²) in [4.78, 5) is 13.4. The Hall–Kier alpha value is -2.80. The zero-order valence-electron chi connectivity index (χ0n) is 17.7. The number of rotatable bonds is 6. The maximum atomic E-state index is 13.4. The Morgan fingerprint density at radius 1 is 1.03 bits per heavy atom. The van der Waals surface area contributed by atoms with Gasteiger partial charge in [-0.3, -0.25) is 13.8 Å². The van der Waals surface area contributed by atoms with Crippen LogP contribution in [0.15, 0.2) is 58.5 Å². The molecule has 6 nitrogen and oxygen atoms in total. The van der Waals surface area contributed by atoms with Gasteiger partial charge in [-0.25, -0.2) is 0 Å². The van der Waals surface area contributed by atoms with Crippen LogP contribution in [0.4, 0.5) is 0 Å². The Morgan fingerprint density at radius 3 is 2.65 bits per heavy atom. The van der Waals surface area contributed by atoms with E-state index in [0.717, 1.165) is 33.7 Å². The number of para-hydroxylation sites is 2. The van der Waals surface area contributed by atoms with Gasteiger partial charge >= 0.3 is 0 Å². The van der Waals surface area contributed by atoms with Crippen LogP contribution in [0.2, 0.25) is 0 Å². The Bertz CT molecular complexity index is 1270. The molecular weight excluding hydrogens is 408 g/mol. The summed E-state index contributed by atoms with van der Waals surface area (Å²) < 4.78 is 9.25. The van der Waals surface area contributed by atoms with Crippen molar-refractivity contribution >= 4 is 28.4 Å². The molecule has 0 atom stereocenters. The number of methoxy groups -OCH3 is 1. The van der Waals surface area contributed by atoms with Crippen LogP contribution in [0.25, 0.3) is 16.7 Å². The van der Waals surface area contributed by atoms with Crippen LogP contribution in [-0.2, 0) is 6.54 Å². The minimum absolute atomic E-state index is 0.0646. The summed E-state index contributed by atoms with van der Waals surface area (Å²) in [5.41, 5.74) is 1.73. The van der Waals surface area contributed by atoms with Gasteiger partial charge in [0.05, 0.1) is 24.6 Å². The number of ether oxygens (including phenoxy) is 1. The predicted molar refractivity (Wildman–Crippen MR) is 124 cm³/mol. The fourth-order valence-corrected chi connectivity index (χ4v) is 5.65. The van der Waals surface area contributed by atoms with E-state index in [-0.39, 0.29) is 5.56 Å². The Kier molecular flexibility index (Phi) is 5.68. The molecule has 0 amide bonds. The maximum Gasteiger partial charge on any atom is 0.263 e. The van der Waals surface area contributed by atoms with E-state index in [1.807, 2.05) is 52.9 Å². The van der Waals surface area contributed by atoms with Crippen molar-refractivity contribution in [2.45, 2.75) is 43.8 Å². The molecule has 0 radical (unpaired) electrons. The molecule has 160 valence electrons. The first-order chi connectivity index (χ1) is 15.3. The van der Waals surface area contributed by atoms with Crippen LogP contribution in [0.5, 0.6) is 5.75 Å². The quantitative estimate of drug-likeness (QED) is 0.409. The molecule has 0 bridgehead atoms. The van der Waals surface area contributed by atoms with Gasteiger partial charge in [0.25, 0.3) is 5.56 Å². The van der Waals surface area contributed by atoms with E-state index in [1.165, 1.54) is 32.1 Å². The van der Waals surface area contributed by atoms with Gasteiger partial charge in [-0.15, -0.1) is 10.2 Å². The number of fused-ring (bicyclic) bond motifs is 3. The van der Waals surface area contributed by atoms with E-state index in [9.17, 15) is 4.79 Å². The summed E-state index contributed by atoms with van der Waals surface area (Å²) in [5.74, 6) is 3.10. The number of hydrogen-bond donors (Lipinski definition) is 0. The number of thioether (sulfide) groups is 1. The van der Waals surface area contributed by atoms with Gasteiger partial charge in [-0.2, -0.15) is 0 Å².